The molecule has 0 aromatic heterocycles. The Labute approximate surface area is 120 Å². The van der Waals surface area contributed by atoms with E-state index in [-0.39, 0.29) is 5.97 Å². The predicted molar refractivity (Wildman–Crippen MR) is 79.0 cm³/mol. The molecule has 1 fully saturated rings. The predicted octanol–water partition coefficient (Wildman–Crippen LogP) is 3.23. The van der Waals surface area contributed by atoms with Crippen LogP contribution in [0.25, 0.3) is 0 Å². The Hall–Kier alpha value is -1.71. The maximum atomic E-state index is 12.2. The maximum Gasteiger partial charge on any atom is 0.331 e. The second kappa shape index (κ2) is 6.16. The van der Waals surface area contributed by atoms with Crippen molar-refractivity contribution in [2.45, 2.75) is 38.1 Å². The lowest BCUT2D eigenvalue weighted by molar-refractivity contribution is -0.147. The lowest BCUT2D eigenvalue weighted by Gasteiger charge is -2.38. The molecule has 110 valence electrons. The Morgan fingerprint density at radius 2 is 2.00 bits per heavy atom. The molecule has 1 aliphatic carbocycles. The second-order valence-electron chi connectivity index (χ2n) is 5.61. The van der Waals surface area contributed by atoms with Crippen LogP contribution in [0.1, 0.15) is 32.6 Å². The van der Waals surface area contributed by atoms with Crippen molar-refractivity contribution >= 4 is 11.7 Å². The fraction of sp³-hybridized carbons (Fsp3) is 0.562. The number of nitrogens with one attached hydrogen (secondary N) is 1. The second-order valence-corrected chi connectivity index (χ2v) is 5.61. The normalized spacial score (nSPS) is 25.9. The third-order valence-electron chi connectivity index (χ3n) is 4.16. The highest BCUT2D eigenvalue weighted by atomic mass is 16.5. The van der Waals surface area contributed by atoms with E-state index in [1.165, 1.54) is 7.11 Å². The first kappa shape index (κ1) is 14.7. The molecule has 1 aromatic rings. The molecule has 20 heavy (non-hydrogen) atoms. The Morgan fingerprint density at radius 3 is 2.60 bits per heavy atom. The van der Waals surface area contributed by atoms with E-state index in [0.717, 1.165) is 37.1 Å². The molecule has 0 unspecified atom stereocenters. The van der Waals surface area contributed by atoms with Gasteiger partial charge in [0.25, 0.3) is 0 Å². The molecule has 0 saturated heterocycles. The van der Waals surface area contributed by atoms with Crippen molar-refractivity contribution in [2.75, 3.05) is 19.5 Å². The van der Waals surface area contributed by atoms with E-state index in [4.69, 9.17) is 9.47 Å². The molecule has 1 N–H and O–H groups in total. The lowest BCUT2D eigenvalue weighted by Crippen LogP contribution is -2.49. The van der Waals surface area contributed by atoms with Crippen LogP contribution >= 0.6 is 0 Å². The summed E-state index contributed by atoms with van der Waals surface area (Å²) in [6, 6.07) is 7.66. The highest BCUT2D eigenvalue weighted by Gasteiger charge is 2.42. The number of ether oxygens (including phenoxy) is 2. The van der Waals surface area contributed by atoms with Gasteiger partial charge in [0.2, 0.25) is 0 Å². The number of hydrogen-bond donors (Lipinski definition) is 1. The molecule has 0 heterocycles. The average molecular weight is 277 g/mol. The van der Waals surface area contributed by atoms with Crippen molar-refractivity contribution in [3.05, 3.63) is 24.3 Å². The first-order valence-electron chi connectivity index (χ1n) is 7.10. The van der Waals surface area contributed by atoms with E-state index in [9.17, 15) is 4.79 Å². The summed E-state index contributed by atoms with van der Waals surface area (Å²) >= 11 is 0. The lowest BCUT2D eigenvalue weighted by atomic mass is 9.77. The van der Waals surface area contributed by atoms with Crippen molar-refractivity contribution < 1.29 is 14.3 Å². The monoisotopic (exact) mass is 277 g/mol. The molecule has 1 aliphatic rings. The van der Waals surface area contributed by atoms with Gasteiger partial charge in [-0.2, -0.15) is 0 Å². The van der Waals surface area contributed by atoms with Gasteiger partial charge in [0, 0.05) is 11.8 Å². The first-order valence-corrected chi connectivity index (χ1v) is 7.10. The van der Waals surface area contributed by atoms with Gasteiger partial charge in [0.15, 0.2) is 0 Å². The molecule has 0 amide bonds. The number of methoxy groups -OCH3 is 2. The molecule has 1 aromatic carbocycles. The van der Waals surface area contributed by atoms with Crippen LogP contribution in [-0.2, 0) is 9.53 Å². The van der Waals surface area contributed by atoms with Gasteiger partial charge in [-0.05, 0) is 43.7 Å². The standard InChI is InChI=1S/C16H23NO3/c1-12-7-9-16(10-8-12,15(18)20-3)17-13-5-4-6-14(11-13)19-2/h4-6,11-12,17H,7-10H2,1-3H3. The molecule has 2 rings (SSSR count). The number of hydrogen-bond acceptors (Lipinski definition) is 4. The largest absolute Gasteiger partial charge is 0.497 e. The highest BCUT2D eigenvalue weighted by Crippen LogP contribution is 2.36. The molecule has 0 spiro atoms. The Kier molecular flexibility index (Phi) is 4.53. The van der Waals surface area contributed by atoms with Crippen LogP contribution in [0.3, 0.4) is 0 Å². The van der Waals surface area contributed by atoms with Gasteiger partial charge in [-0.1, -0.05) is 13.0 Å². The molecular weight excluding hydrogens is 254 g/mol. The molecule has 1 saturated carbocycles. The summed E-state index contributed by atoms with van der Waals surface area (Å²) in [5, 5.41) is 3.39. The van der Waals surface area contributed by atoms with Crippen LogP contribution in [0.2, 0.25) is 0 Å². The van der Waals surface area contributed by atoms with Crippen molar-refractivity contribution in [3.63, 3.8) is 0 Å². The third-order valence-corrected chi connectivity index (χ3v) is 4.16. The van der Waals surface area contributed by atoms with Gasteiger partial charge in [0.1, 0.15) is 11.3 Å². The van der Waals surface area contributed by atoms with Crippen LogP contribution in [0, 0.1) is 5.92 Å². The molecule has 0 bridgehead atoms. The van der Waals surface area contributed by atoms with Crippen LogP contribution in [0.4, 0.5) is 5.69 Å². The van der Waals surface area contributed by atoms with Crippen molar-refractivity contribution in [1.82, 2.24) is 0 Å². The number of anilines is 1. The van der Waals surface area contributed by atoms with E-state index in [0.29, 0.717) is 5.92 Å². The summed E-state index contributed by atoms with van der Waals surface area (Å²) in [6.07, 6.45) is 3.67. The summed E-state index contributed by atoms with van der Waals surface area (Å²) in [5.41, 5.74) is 0.289. The van der Waals surface area contributed by atoms with Gasteiger partial charge < -0.3 is 14.8 Å². The van der Waals surface area contributed by atoms with Gasteiger partial charge in [0.05, 0.1) is 14.2 Å². The minimum absolute atomic E-state index is 0.174. The highest BCUT2D eigenvalue weighted by molar-refractivity contribution is 5.84. The van der Waals surface area contributed by atoms with Crippen molar-refractivity contribution in [1.29, 1.82) is 0 Å². The number of esters is 1. The van der Waals surface area contributed by atoms with Crippen LogP contribution in [0.15, 0.2) is 24.3 Å². The fourth-order valence-corrected chi connectivity index (χ4v) is 2.81. The summed E-state index contributed by atoms with van der Waals surface area (Å²) in [4.78, 5) is 12.2. The third kappa shape index (κ3) is 3.06. The van der Waals surface area contributed by atoms with E-state index in [1.807, 2.05) is 24.3 Å². The topological polar surface area (TPSA) is 47.6 Å². The number of carbonyl (C=O) groups is 1. The van der Waals surface area contributed by atoms with E-state index < -0.39 is 5.54 Å². The summed E-state index contributed by atoms with van der Waals surface area (Å²) in [7, 11) is 3.09. The average Bonchev–Trinajstić information content (AvgIpc) is 2.49. The van der Waals surface area contributed by atoms with Gasteiger partial charge in [-0.3, -0.25) is 0 Å². The van der Waals surface area contributed by atoms with Gasteiger partial charge in [-0.15, -0.1) is 0 Å². The van der Waals surface area contributed by atoms with E-state index in [2.05, 4.69) is 12.2 Å². The molecule has 0 radical (unpaired) electrons. The zero-order valence-electron chi connectivity index (χ0n) is 12.4. The quantitative estimate of drug-likeness (QED) is 0.858. The summed E-state index contributed by atoms with van der Waals surface area (Å²) in [6.45, 7) is 2.23. The fourth-order valence-electron chi connectivity index (χ4n) is 2.81. The zero-order chi connectivity index (χ0) is 14.6. The smallest absolute Gasteiger partial charge is 0.331 e. The Balaban J connectivity index is 2.21. The van der Waals surface area contributed by atoms with Crippen molar-refractivity contribution in [3.8, 4) is 5.75 Å². The minimum atomic E-state index is -0.604. The summed E-state index contributed by atoms with van der Waals surface area (Å²) in [5.74, 6) is 1.27. The Morgan fingerprint density at radius 1 is 1.30 bits per heavy atom. The van der Waals surface area contributed by atoms with Crippen LogP contribution in [0.5, 0.6) is 5.75 Å². The maximum absolute atomic E-state index is 12.2. The SMILES string of the molecule is COC(=O)C1(Nc2cccc(OC)c2)CCC(C)CC1. The number of benzene rings is 1. The van der Waals surface area contributed by atoms with Gasteiger partial charge >= 0.3 is 5.97 Å². The minimum Gasteiger partial charge on any atom is -0.497 e. The number of rotatable bonds is 4. The molecule has 0 aliphatic heterocycles. The first-order chi connectivity index (χ1) is 9.59. The van der Waals surface area contributed by atoms with Crippen molar-refractivity contribution in [2.24, 2.45) is 5.92 Å². The molecule has 0 atom stereocenters. The summed E-state index contributed by atoms with van der Waals surface area (Å²) < 4.78 is 10.2. The Bertz CT molecular complexity index is 465. The number of carbonyl (C=O) groups excluding carboxylic acids is 1. The van der Waals surface area contributed by atoms with E-state index in [1.54, 1.807) is 7.11 Å². The molecule has 4 nitrogen and oxygen atoms in total. The molecular formula is C16H23NO3. The van der Waals surface area contributed by atoms with Gasteiger partial charge in [-0.25, -0.2) is 4.79 Å². The molecule has 4 heteroatoms. The van der Waals surface area contributed by atoms with E-state index >= 15 is 0 Å². The van der Waals surface area contributed by atoms with Crippen LogP contribution < -0.4 is 10.1 Å². The van der Waals surface area contributed by atoms with Crippen LogP contribution in [-0.4, -0.2) is 25.7 Å². The zero-order valence-corrected chi connectivity index (χ0v) is 12.4.